The Morgan fingerprint density at radius 1 is 1.17 bits per heavy atom. The van der Waals surface area contributed by atoms with Crippen LogP contribution in [0.4, 0.5) is 5.69 Å². The van der Waals surface area contributed by atoms with Crippen molar-refractivity contribution < 1.29 is 14.3 Å². The number of anilines is 1. The Balaban J connectivity index is 1.69. The van der Waals surface area contributed by atoms with Crippen LogP contribution >= 0.6 is 11.8 Å². The fourth-order valence-electron chi connectivity index (χ4n) is 2.64. The van der Waals surface area contributed by atoms with Crippen LogP contribution in [-0.4, -0.2) is 45.6 Å². The van der Waals surface area contributed by atoms with Gasteiger partial charge in [-0.1, -0.05) is 17.8 Å². The van der Waals surface area contributed by atoms with Crippen molar-refractivity contribution in [2.75, 3.05) is 25.3 Å². The highest BCUT2D eigenvalue weighted by Crippen LogP contribution is 2.30. The molecule has 0 aliphatic carbocycles. The van der Waals surface area contributed by atoms with Gasteiger partial charge in [-0.25, -0.2) is 0 Å². The molecule has 0 atom stereocenters. The molecule has 0 radical (unpaired) electrons. The van der Waals surface area contributed by atoms with E-state index < -0.39 is 0 Å². The van der Waals surface area contributed by atoms with Crippen LogP contribution in [0.1, 0.15) is 0 Å². The average molecular weight is 411 g/mol. The van der Waals surface area contributed by atoms with Crippen LogP contribution in [0, 0.1) is 0 Å². The Hall–Kier alpha value is -3.33. The highest BCUT2D eigenvalue weighted by Gasteiger charge is 2.15. The van der Waals surface area contributed by atoms with E-state index >= 15 is 0 Å². The number of methoxy groups -OCH3 is 2. The first-order valence-corrected chi connectivity index (χ1v) is 9.74. The minimum absolute atomic E-state index is 0.166. The molecular weight excluding hydrogens is 390 g/mol. The highest BCUT2D eigenvalue weighted by molar-refractivity contribution is 7.99. The van der Waals surface area contributed by atoms with Crippen molar-refractivity contribution in [1.82, 2.24) is 19.7 Å². The third kappa shape index (κ3) is 4.94. The van der Waals surface area contributed by atoms with Crippen LogP contribution in [0.3, 0.4) is 0 Å². The Labute approximate surface area is 173 Å². The predicted octanol–water partition coefficient (Wildman–Crippen LogP) is 3.27. The number of thioether (sulfide) groups is 1. The number of rotatable bonds is 9. The summed E-state index contributed by atoms with van der Waals surface area (Å²) < 4.78 is 12.4. The summed E-state index contributed by atoms with van der Waals surface area (Å²) >= 11 is 1.31. The molecule has 0 fully saturated rings. The van der Waals surface area contributed by atoms with Crippen LogP contribution < -0.4 is 14.8 Å². The zero-order chi connectivity index (χ0) is 20.6. The van der Waals surface area contributed by atoms with Crippen molar-refractivity contribution in [2.45, 2.75) is 11.7 Å². The topological polar surface area (TPSA) is 91.2 Å². The quantitative estimate of drug-likeness (QED) is 0.427. The molecule has 1 amide bonds. The highest BCUT2D eigenvalue weighted by atomic mass is 32.2. The second-order valence-electron chi connectivity index (χ2n) is 5.85. The minimum atomic E-state index is -0.166. The molecule has 0 spiro atoms. The van der Waals surface area contributed by atoms with E-state index in [2.05, 4.69) is 27.1 Å². The third-order valence-corrected chi connectivity index (χ3v) is 4.93. The summed E-state index contributed by atoms with van der Waals surface area (Å²) in [5, 5.41) is 12.0. The number of amides is 1. The minimum Gasteiger partial charge on any atom is -0.493 e. The SMILES string of the molecule is C=CCn1c(SCC(=O)Nc2ccc(OC)c(OC)c2)nnc1-c1ccncc1. The van der Waals surface area contributed by atoms with E-state index in [0.717, 1.165) is 5.56 Å². The number of benzene rings is 1. The largest absolute Gasteiger partial charge is 0.493 e. The van der Waals surface area contributed by atoms with Crippen LogP contribution in [0.2, 0.25) is 0 Å². The second-order valence-corrected chi connectivity index (χ2v) is 6.79. The molecule has 0 saturated carbocycles. The van der Waals surface area contributed by atoms with Crippen molar-refractivity contribution in [1.29, 1.82) is 0 Å². The van der Waals surface area contributed by atoms with Gasteiger partial charge in [-0.05, 0) is 24.3 Å². The Morgan fingerprint density at radius 2 is 1.93 bits per heavy atom. The summed E-state index contributed by atoms with van der Waals surface area (Å²) in [5.74, 6) is 1.86. The standard InChI is InChI=1S/C20H21N5O3S/c1-4-11-25-19(14-7-9-21-10-8-14)23-24-20(25)29-13-18(26)22-15-5-6-16(27-2)17(12-15)28-3/h4-10,12H,1,11,13H2,2-3H3,(H,22,26). The first-order chi connectivity index (χ1) is 14.2. The maximum atomic E-state index is 12.4. The number of carbonyl (C=O) groups excluding carboxylic acids is 1. The molecule has 150 valence electrons. The van der Waals surface area contributed by atoms with E-state index in [4.69, 9.17) is 9.47 Å². The average Bonchev–Trinajstić information content (AvgIpc) is 3.15. The molecule has 9 heteroatoms. The van der Waals surface area contributed by atoms with Crippen molar-refractivity contribution in [3.05, 3.63) is 55.4 Å². The van der Waals surface area contributed by atoms with Crippen LogP contribution in [-0.2, 0) is 11.3 Å². The second kappa shape index (κ2) is 9.74. The van der Waals surface area contributed by atoms with Gasteiger partial charge in [0.1, 0.15) is 0 Å². The summed E-state index contributed by atoms with van der Waals surface area (Å²) in [7, 11) is 3.11. The maximum Gasteiger partial charge on any atom is 0.234 e. The van der Waals surface area contributed by atoms with Crippen molar-refractivity contribution >= 4 is 23.4 Å². The first-order valence-electron chi connectivity index (χ1n) is 8.75. The molecular formula is C20H21N5O3S. The fourth-order valence-corrected chi connectivity index (χ4v) is 3.39. The summed E-state index contributed by atoms with van der Waals surface area (Å²) in [6.07, 6.45) is 5.17. The lowest BCUT2D eigenvalue weighted by Crippen LogP contribution is -2.14. The van der Waals surface area contributed by atoms with Crippen molar-refractivity contribution in [3.63, 3.8) is 0 Å². The molecule has 1 N–H and O–H groups in total. The molecule has 2 heterocycles. The number of aromatic nitrogens is 4. The van der Waals surface area contributed by atoms with E-state index in [1.165, 1.54) is 11.8 Å². The number of nitrogens with zero attached hydrogens (tertiary/aromatic N) is 4. The maximum absolute atomic E-state index is 12.4. The van der Waals surface area contributed by atoms with Crippen molar-refractivity contribution in [3.8, 4) is 22.9 Å². The van der Waals surface area contributed by atoms with E-state index in [1.54, 1.807) is 50.9 Å². The van der Waals surface area contributed by atoms with Gasteiger partial charge in [0.05, 0.1) is 20.0 Å². The molecule has 0 aliphatic rings. The molecule has 8 nitrogen and oxygen atoms in total. The van der Waals surface area contributed by atoms with Crippen molar-refractivity contribution in [2.24, 2.45) is 0 Å². The summed E-state index contributed by atoms with van der Waals surface area (Å²) in [5.41, 5.74) is 1.52. The lowest BCUT2D eigenvalue weighted by molar-refractivity contribution is -0.113. The van der Waals surface area contributed by atoms with Crippen LogP contribution in [0.25, 0.3) is 11.4 Å². The van der Waals surface area contributed by atoms with E-state index in [0.29, 0.717) is 34.7 Å². The number of pyridine rings is 1. The van der Waals surface area contributed by atoms with Gasteiger partial charge in [-0.2, -0.15) is 0 Å². The monoisotopic (exact) mass is 411 g/mol. The van der Waals surface area contributed by atoms with Gasteiger partial charge in [0, 0.05) is 36.3 Å². The smallest absolute Gasteiger partial charge is 0.234 e. The lowest BCUT2D eigenvalue weighted by Gasteiger charge is -2.11. The zero-order valence-electron chi connectivity index (χ0n) is 16.2. The Bertz CT molecular complexity index is 991. The molecule has 0 saturated heterocycles. The first kappa shape index (κ1) is 20.4. The number of nitrogens with one attached hydrogen (secondary N) is 1. The van der Waals surface area contributed by atoms with E-state index in [-0.39, 0.29) is 11.7 Å². The molecule has 3 rings (SSSR count). The summed E-state index contributed by atoms with van der Waals surface area (Å²) in [6.45, 7) is 4.33. The van der Waals surface area contributed by atoms with Gasteiger partial charge in [0.25, 0.3) is 0 Å². The van der Waals surface area contributed by atoms with Gasteiger partial charge in [0.2, 0.25) is 5.91 Å². The molecule has 2 aromatic heterocycles. The van der Waals surface area contributed by atoms with Crippen LogP contribution in [0.15, 0.2) is 60.5 Å². The number of hydrogen-bond donors (Lipinski definition) is 1. The molecule has 1 aromatic carbocycles. The summed E-state index contributed by atoms with van der Waals surface area (Å²) in [6, 6.07) is 8.93. The number of carbonyl (C=O) groups is 1. The van der Waals surface area contributed by atoms with E-state index in [9.17, 15) is 4.79 Å². The molecule has 0 bridgehead atoms. The molecule has 29 heavy (non-hydrogen) atoms. The number of ether oxygens (including phenoxy) is 2. The fraction of sp³-hybridized carbons (Fsp3) is 0.200. The van der Waals surface area contributed by atoms with Gasteiger partial charge >= 0.3 is 0 Å². The Morgan fingerprint density at radius 3 is 2.62 bits per heavy atom. The van der Waals surface area contributed by atoms with E-state index in [1.807, 2.05) is 16.7 Å². The third-order valence-electron chi connectivity index (χ3n) is 3.97. The molecule has 0 aliphatic heterocycles. The Kier molecular flexibility index (Phi) is 6.85. The van der Waals surface area contributed by atoms with Gasteiger partial charge in [-0.3, -0.25) is 14.3 Å². The summed E-state index contributed by atoms with van der Waals surface area (Å²) in [4.78, 5) is 16.4. The zero-order valence-corrected chi connectivity index (χ0v) is 17.0. The molecule has 3 aromatic rings. The van der Waals surface area contributed by atoms with Gasteiger partial charge in [0.15, 0.2) is 22.5 Å². The number of hydrogen-bond acceptors (Lipinski definition) is 7. The van der Waals surface area contributed by atoms with Crippen LogP contribution in [0.5, 0.6) is 11.5 Å². The van der Waals surface area contributed by atoms with Gasteiger partial charge < -0.3 is 14.8 Å². The lowest BCUT2D eigenvalue weighted by atomic mass is 10.2. The predicted molar refractivity (Wildman–Crippen MR) is 112 cm³/mol. The number of allylic oxidation sites excluding steroid dienone is 1. The normalized spacial score (nSPS) is 10.4. The molecule has 0 unspecified atom stereocenters. The van der Waals surface area contributed by atoms with Gasteiger partial charge in [-0.15, -0.1) is 16.8 Å².